The smallest absolute Gasteiger partial charge is 0.0782 e. The number of nitrogens with zero attached hydrogens (tertiary/aromatic N) is 2. The Morgan fingerprint density at radius 3 is 2.72 bits per heavy atom. The van der Waals surface area contributed by atoms with Gasteiger partial charge in [0.25, 0.3) is 0 Å². The van der Waals surface area contributed by atoms with Crippen LogP contribution in [-0.4, -0.2) is 16.0 Å². The average molecular weight is 247 g/mol. The molecular weight excluding hydrogens is 222 g/mol. The molecule has 1 aromatic heterocycles. The summed E-state index contributed by atoms with van der Waals surface area (Å²) in [7, 11) is 0. The molecule has 2 rings (SSSR count). The van der Waals surface area contributed by atoms with E-state index >= 15 is 0 Å². The van der Waals surface area contributed by atoms with E-state index < -0.39 is 0 Å². The Bertz CT molecular complexity index is 400. The van der Waals surface area contributed by atoms with Crippen molar-refractivity contribution in [2.75, 3.05) is 0 Å². The summed E-state index contributed by atoms with van der Waals surface area (Å²) in [5.41, 5.74) is 2.60. The molecule has 3 nitrogen and oxygen atoms in total. The van der Waals surface area contributed by atoms with Gasteiger partial charge >= 0.3 is 0 Å². The van der Waals surface area contributed by atoms with E-state index in [0.29, 0.717) is 11.5 Å². The Morgan fingerprint density at radius 1 is 1.33 bits per heavy atom. The number of aryl methyl sites for hydroxylation is 1. The molecule has 18 heavy (non-hydrogen) atoms. The molecule has 1 heterocycles. The summed E-state index contributed by atoms with van der Waals surface area (Å²) in [5.74, 6) is 0. The molecule has 1 fully saturated rings. The summed E-state index contributed by atoms with van der Waals surface area (Å²) >= 11 is 0. The third-order valence-electron chi connectivity index (χ3n) is 4.02. The van der Waals surface area contributed by atoms with E-state index in [1.165, 1.54) is 25.7 Å². The number of rotatable bonds is 3. The lowest BCUT2D eigenvalue weighted by Crippen LogP contribution is -2.39. The van der Waals surface area contributed by atoms with Crippen LogP contribution in [0.2, 0.25) is 0 Å². The van der Waals surface area contributed by atoms with E-state index in [9.17, 15) is 0 Å². The molecule has 100 valence electrons. The third-order valence-corrected chi connectivity index (χ3v) is 4.02. The highest BCUT2D eigenvalue weighted by atomic mass is 15.0. The van der Waals surface area contributed by atoms with Crippen LogP contribution in [0.15, 0.2) is 12.4 Å². The van der Waals surface area contributed by atoms with Crippen molar-refractivity contribution >= 4 is 0 Å². The van der Waals surface area contributed by atoms with Gasteiger partial charge < -0.3 is 5.32 Å². The lowest BCUT2D eigenvalue weighted by Gasteiger charge is -2.37. The summed E-state index contributed by atoms with van der Waals surface area (Å²) in [5, 5.41) is 3.73. The Kier molecular flexibility index (Phi) is 4.00. The maximum Gasteiger partial charge on any atom is 0.0782 e. The van der Waals surface area contributed by atoms with E-state index in [0.717, 1.165) is 11.4 Å². The van der Waals surface area contributed by atoms with Crippen molar-refractivity contribution in [3.05, 3.63) is 23.8 Å². The lowest BCUT2D eigenvalue weighted by atomic mass is 9.75. The zero-order chi connectivity index (χ0) is 13.2. The Labute approximate surface area is 110 Å². The molecule has 0 aliphatic heterocycles. The van der Waals surface area contributed by atoms with Gasteiger partial charge in [0.1, 0.15) is 0 Å². The molecule has 2 atom stereocenters. The molecule has 1 saturated carbocycles. The standard InChI is InChI=1S/C15H25N3/c1-11-14(17-9-8-16-11)12(2)18-13-6-5-7-15(3,4)10-13/h8-9,12-13,18H,5-7,10H2,1-4H3. The van der Waals surface area contributed by atoms with Gasteiger partial charge in [-0.15, -0.1) is 0 Å². The summed E-state index contributed by atoms with van der Waals surface area (Å²) in [6.07, 6.45) is 8.77. The molecule has 0 spiro atoms. The summed E-state index contributed by atoms with van der Waals surface area (Å²) < 4.78 is 0. The van der Waals surface area contributed by atoms with Gasteiger partial charge in [-0.05, 0) is 38.5 Å². The van der Waals surface area contributed by atoms with Crippen molar-refractivity contribution in [2.45, 2.75) is 65.5 Å². The number of nitrogens with one attached hydrogen (secondary N) is 1. The fourth-order valence-electron chi connectivity index (χ4n) is 3.12. The summed E-state index contributed by atoms with van der Waals surface area (Å²) in [6.45, 7) is 8.97. The third kappa shape index (κ3) is 3.29. The molecule has 1 aromatic rings. The van der Waals surface area contributed by atoms with Crippen molar-refractivity contribution in [1.29, 1.82) is 0 Å². The molecule has 0 radical (unpaired) electrons. The minimum absolute atomic E-state index is 0.289. The van der Waals surface area contributed by atoms with E-state index in [1.807, 2.05) is 6.92 Å². The van der Waals surface area contributed by atoms with Gasteiger partial charge in [0.05, 0.1) is 11.4 Å². The van der Waals surface area contributed by atoms with Crippen LogP contribution >= 0.6 is 0 Å². The highest BCUT2D eigenvalue weighted by Crippen LogP contribution is 2.35. The molecule has 2 unspecified atom stereocenters. The quantitative estimate of drug-likeness (QED) is 0.889. The Morgan fingerprint density at radius 2 is 2.06 bits per heavy atom. The normalized spacial score (nSPS) is 24.8. The Hall–Kier alpha value is -0.960. The van der Waals surface area contributed by atoms with Crippen molar-refractivity contribution in [1.82, 2.24) is 15.3 Å². The van der Waals surface area contributed by atoms with Gasteiger partial charge in [-0.1, -0.05) is 20.3 Å². The molecule has 3 heteroatoms. The van der Waals surface area contributed by atoms with Crippen LogP contribution < -0.4 is 5.32 Å². The number of aromatic nitrogens is 2. The van der Waals surface area contributed by atoms with Crippen LogP contribution in [0.1, 0.15) is 63.9 Å². The van der Waals surface area contributed by atoms with Crippen molar-refractivity contribution in [2.24, 2.45) is 5.41 Å². The first-order chi connectivity index (χ1) is 8.48. The Balaban J connectivity index is 1.99. The van der Waals surface area contributed by atoms with Crippen molar-refractivity contribution in [3.8, 4) is 0 Å². The summed E-state index contributed by atoms with van der Waals surface area (Å²) in [6, 6.07) is 0.905. The largest absolute Gasteiger partial charge is 0.306 e. The first kappa shape index (κ1) is 13.5. The van der Waals surface area contributed by atoms with Gasteiger partial charge in [0, 0.05) is 24.5 Å². The van der Waals surface area contributed by atoms with Gasteiger partial charge in [0.2, 0.25) is 0 Å². The van der Waals surface area contributed by atoms with E-state index in [2.05, 4.69) is 36.1 Å². The zero-order valence-electron chi connectivity index (χ0n) is 12.0. The van der Waals surface area contributed by atoms with Gasteiger partial charge in [0.15, 0.2) is 0 Å². The zero-order valence-corrected chi connectivity index (χ0v) is 12.0. The maximum atomic E-state index is 4.46. The molecule has 0 amide bonds. The molecule has 1 N–H and O–H groups in total. The van der Waals surface area contributed by atoms with E-state index in [4.69, 9.17) is 0 Å². The maximum absolute atomic E-state index is 4.46. The first-order valence-electron chi connectivity index (χ1n) is 7.01. The minimum atomic E-state index is 0.289. The monoisotopic (exact) mass is 247 g/mol. The molecule has 0 aromatic carbocycles. The molecule has 0 saturated heterocycles. The molecule has 1 aliphatic carbocycles. The highest BCUT2D eigenvalue weighted by Gasteiger charge is 2.29. The van der Waals surface area contributed by atoms with Crippen molar-refractivity contribution < 1.29 is 0 Å². The predicted molar refractivity (Wildman–Crippen MR) is 74.4 cm³/mol. The first-order valence-corrected chi connectivity index (χ1v) is 7.01. The van der Waals surface area contributed by atoms with Gasteiger partial charge in [-0.25, -0.2) is 0 Å². The lowest BCUT2D eigenvalue weighted by molar-refractivity contribution is 0.190. The minimum Gasteiger partial charge on any atom is -0.306 e. The van der Waals surface area contributed by atoms with Crippen LogP contribution in [0.5, 0.6) is 0 Å². The predicted octanol–water partition coefficient (Wildman–Crippen LogP) is 3.40. The molecular formula is C15H25N3. The van der Waals surface area contributed by atoms with E-state index in [1.54, 1.807) is 12.4 Å². The van der Waals surface area contributed by atoms with Gasteiger partial charge in [-0.3, -0.25) is 9.97 Å². The molecule has 0 bridgehead atoms. The highest BCUT2D eigenvalue weighted by molar-refractivity contribution is 5.12. The topological polar surface area (TPSA) is 37.8 Å². The van der Waals surface area contributed by atoms with Crippen LogP contribution in [0.3, 0.4) is 0 Å². The number of hydrogen-bond acceptors (Lipinski definition) is 3. The summed E-state index contributed by atoms with van der Waals surface area (Å²) in [4.78, 5) is 8.77. The van der Waals surface area contributed by atoms with Crippen LogP contribution in [0.4, 0.5) is 0 Å². The SMILES string of the molecule is Cc1nccnc1C(C)NC1CCCC(C)(C)C1. The fourth-order valence-corrected chi connectivity index (χ4v) is 3.12. The van der Waals surface area contributed by atoms with Crippen molar-refractivity contribution in [3.63, 3.8) is 0 Å². The molecule has 1 aliphatic rings. The second-order valence-electron chi connectivity index (χ2n) is 6.37. The van der Waals surface area contributed by atoms with Crippen LogP contribution in [0.25, 0.3) is 0 Å². The van der Waals surface area contributed by atoms with Gasteiger partial charge in [-0.2, -0.15) is 0 Å². The fraction of sp³-hybridized carbons (Fsp3) is 0.733. The average Bonchev–Trinajstić information content (AvgIpc) is 2.28. The second-order valence-corrected chi connectivity index (χ2v) is 6.37. The number of hydrogen-bond donors (Lipinski definition) is 1. The van der Waals surface area contributed by atoms with Crippen LogP contribution in [-0.2, 0) is 0 Å². The van der Waals surface area contributed by atoms with E-state index in [-0.39, 0.29) is 6.04 Å². The second kappa shape index (κ2) is 5.35. The van der Waals surface area contributed by atoms with Crippen LogP contribution in [0, 0.1) is 12.3 Å².